The van der Waals surface area contributed by atoms with Gasteiger partial charge in [-0.15, -0.1) is 0 Å². The van der Waals surface area contributed by atoms with Gasteiger partial charge in [0.2, 0.25) is 15.9 Å². The van der Waals surface area contributed by atoms with E-state index in [1.165, 1.54) is 6.42 Å². The molecule has 168 valence electrons. The Bertz CT molecular complexity index is 992. The van der Waals surface area contributed by atoms with Crippen molar-refractivity contribution in [1.82, 2.24) is 4.72 Å². The minimum Gasteiger partial charge on any atom is -0.326 e. The molecule has 6 heteroatoms. The maximum absolute atomic E-state index is 12.6. The minimum atomic E-state index is -3.50. The summed E-state index contributed by atoms with van der Waals surface area (Å²) in [6, 6.07) is 13.0. The predicted octanol–water partition coefficient (Wildman–Crippen LogP) is 5.30. The summed E-state index contributed by atoms with van der Waals surface area (Å²) >= 11 is 0. The van der Waals surface area contributed by atoms with Crippen molar-refractivity contribution in [2.24, 2.45) is 0 Å². The van der Waals surface area contributed by atoms with Crippen molar-refractivity contribution < 1.29 is 13.2 Å². The van der Waals surface area contributed by atoms with Crippen molar-refractivity contribution in [3.05, 3.63) is 59.2 Å². The maximum Gasteiger partial charge on any atom is 0.240 e. The van der Waals surface area contributed by atoms with E-state index in [9.17, 15) is 13.2 Å². The largest absolute Gasteiger partial charge is 0.326 e. The van der Waals surface area contributed by atoms with Crippen molar-refractivity contribution in [2.75, 3.05) is 5.32 Å². The van der Waals surface area contributed by atoms with E-state index in [1.807, 2.05) is 25.1 Å². The number of anilines is 1. The van der Waals surface area contributed by atoms with E-state index >= 15 is 0 Å². The molecule has 31 heavy (non-hydrogen) atoms. The number of carbonyl (C=O) groups is 1. The molecule has 0 spiro atoms. The van der Waals surface area contributed by atoms with Crippen LogP contribution in [0.1, 0.15) is 75.0 Å². The molecule has 1 saturated carbocycles. The van der Waals surface area contributed by atoms with Crippen molar-refractivity contribution in [3.8, 4) is 0 Å². The number of sulfonamides is 1. The summed E-state index contributed by atoms with van der Waals surface area (Å²) in [7, 11) is -3.50. The zero-order chi connectivity index (χ0) is 22.4. The monoisotopic (exact) mass is 442 g/mol. The first kappa shape index (κ1) is 23.5. The van der Waals surface area contributed by atoms with Crippen LogP contribution in [-0.2, 0) is 21.2 Å². The first-order valence-corrected chi connectivity index (χ1v) is 12.7. The smallest absolute Gasteiger partial charge is 0.240 e. The lowest BCUT2D eigenvalue weighted by molar-refractivity contribution is -0.116. The highest BCUT2D eigenvalue weighted by atomic mass is 32.2. The quantitative estimate of drug-likeness (QED) is 0.582. The van der Waals surface area contributed by atoms with E-state index in [1.54, 1.807) is 24.3 Å². The number of rotatable bonds is 8. The first-order valence-electron chi connectivity index (χ1n) is 11.3. The minimum absolute atomic E-state index is 0.0353. The molecule has 0 bridgehead atoms. The molecule has 5 nitrogen and oxygen atoms in total. The van der Waals surface area contributed by atoms with Gasteiger partial charge in [0, 0.05) is 18.2 Å². The van der Waals surface area contributed by atoms with Gasteiger partial charge in [0.15, 0.2) is 0 Å². The van der Waals surface area contributed by atoms with Crippen LogP contribution in [0, 0.1) is 6.92 Å². The third-order valence-electron chi connectivity index (χ3n) is 5.99. The Hall–Kier alpha value is -2.18. The topological polar surface area (TPSA) is 75.3 Å². The standard InChI is InChI=1S/C25H34N2O3S/c1-18(2)23-11-7-8-19(3)25(23)26-24(28)17-14-20-12-15-22(16-13-20)31(29,30)27-21-9-5-4-6-10-21/h7-8,11-13,15-16,18,21,27H,4-6,9-10,14,17H2,1-3H3,(H,26,28). The Labute approximate surface area is 186 Å². The first-order chi connectivity index (χ1) is 14.8. The molecule has 1 amide bonds. The summed E-state index contributed by atoms with van der Waals surface area (Å²) in [5.41, 5.74) is 4.03. The average molecular weight is 443 g/mol. The molecule has 1 aliphatic rings. The summed E-state index contributed by atoms with van der Waals surface area (Å²) in [6.45, 7) is 6.23. The Morgan fingerprint density at radius 1 is 1.03 bits per heavy atom. The van der Waals surface area contributed by atoms with Crippen molar-refractivity contribution in [3.63, 3.8) is 0 Å². The molecule has 0 atom stereocenters. The zero-order valence-corrected chi connectivity index (χ0v) is 19.6. The number of nitrogens with one attached hydrogen (secondary N) is 2. The third kappa shape index (κ3) is 6.40. The highest BCUT2D eigenvalue weighted by Crippen LogP contribution is 2.27. The van der Waals surface area contributed by atoms with E-state index < -0.39 is 10.0 Å². The van der Waals surface area contributed by atoms with Gasteiger partial charge >= 0.3 is 0 Å². The number of benzene rings is 2. The molecule has 1 aliphatic carbocycles. The molecule has 2 N–H and O–H groups in total. The summed E-state index contributed by atoms with van der Waals surface area (Å²) in [4.78, 5) is 12.8. The Morgan fingerprint density at radius 3 is 2.35 bits per heavy atom. The molecule has 1 fully saturated rings. The Kier molecular flexibility index (Phi) is 7.89. The SMILES string of the molecule is Cc1cccc(C(C)C)c1NC(=O)CCc1ccc(S(=O)(=O)NC2CCCCC2)cc1. The summed E-state index contributed by atoms with van der Waals surface area (Å²) < 4.78 is 28.1. The highest BCUT2D eigenvalue weighted by Gasteiger charge is 2.21. The van der Waals surface area contributed by atoms with E-state index in [0.717, 1.165) is 48.1 Å². The van der Waals surface area contributed by atoms with Crippen LogP contribution in [-0.4, -0.2) is 20.4 Å². The van der Waals surface area contributed by atoms with Crippen LogP contribution in [0.25, 0.3) is 0 Å². The fourth-order valence-electron chi connectivity index (χ4n) is 4.15. The van der Waals surface area contributed by atoms with E-state index in [0.29, 0.717) is 18.8 Å². The van der Waals surface area contributed by atoms with Gasteiger partial charge in [0.05, 0.1) is 4.90 Å². The number of hydrogen-bond donors (Lipinski definition) is 2. The van der Waals surface area contributed by atoms with E-state index in [4.69, 9.17) is 0 Å². The second kappa shape index (κ2) is 10.4. The molecule has 0 unspecified atom stereocenters. The van der Waals surface area contributed by atoms with Gasteiger partial charge in [0.1, 0.15) is 0 Å². The number of carbonyl (C=O) groups excluding carboxylic acids is 1. The van der Waals surface area contributed by atoms with Gasteiger partial charge in [-0.3, -0.25) is 4.79 Å². The predicted molar refractivity (Wildman–Crippen MR) is 126 cm³/mol. The molecule has 2 aromatic carbocycles. The molecule has 3 rings (SSSR count). The normalized spacial score (nSPS) is 15.2. The lowest BCUT2D eigenvalue weighted by Crippen LogP contribution is -2.36. The molecule has 2 aromatic rings. The van der Waals surface area contributed by atoms with Crippen molar-refractivity contribution >= 4 is 21.6 Å². The van der Waals surface area contributed by atoms with Gasteiger partial charge in [-0.2, -0.15) is 0 Å². The van der Waals surface area contributed by atoms with Crippen LogP contribution in [0.15, 0.2) is 47.4 Å². The molecular weight excluding hydrogens is 408 g/mol. The fourth-order valence-corrected chi connectivity index (χ4v) is 5.45. The molecule has 0 aromatic heterocycles. The van der Waals surface area contributed by atoms with Gasteiger partial charge in [-0.25, -0.2) is 13.1 Å². The second-order valence-corrected chi connectivity index (χ2v) is 10.6. The Balaban J connectivity index is 1.57. The number of aryl methyl sites for hydroxylation is 2. The number of hydrogen-bond acceptors (Lipinski definition) is 3. The van der Waals surface area contributed by atoms with E-state index in [2.05, 4.69) is 23.9 Å². The molecule has 0 radical (unpaired) electrons. The van der Waals surface area contributed by atoms with Crippen molar-refractivity contribution in [1.29, 1.82) is 0 Å². The third-order valence-corrected chi connectivity index (χ3v) is 7.53. The van der Waals surface area contributed by atoms with Crippen LogP contribution in [0.3, 0.4) is 0 Å². The van der Waals surface area contributed by atoms with Gasteiger partial charge in [0.25, 0.3) is 0 Å². The van der Waals surface area contributed by atoms with Crippen LogP contribution in [0.4, 0.5) is 5.69 Å². The Morgan fingerprint density at radius 2 is 1.71 bits per heavy atom. The van der Waals surface area contributed by atoms with Gasteiger partial charge < -0.3 is 5.32 Å². The van der Waals surface area contributed by atoms with Crippen LogP contribution in [0.2, 0.25) is 0 Å². The zero-order valence-electron chi connectivity index (χ0n) is 18.8. The summed E-state index contributed by atoms with van der Waals surface area (Å²) in [5.74, 6) is 0.291. The van der Waals surface area contributed by atoms with Gasteiger partial charge in [-0.05, 0) is 60.9 Å². The molecule has 0 aliphatic heterocycles. The van der Waals surface area contributed by atoms with Crippen LogP contribution < -0.4 is 10.0 Å². The number of para-hydroxylation sites is 1. The summed E-state index contributed by atoms with van der Waals surface area (Å²) in [6.07, 6.45) is 6.06. The van der Waals surface area contributed by atoms with Crippen LogP contribution >= 0.6 is 0 Å². The lowest BCUT2D eigenvalue weighted by Gasteiger charge is -2.22. The van der Waals surface area contributed by atoms with E-state index in [-0.39, 0.29) is 16.8 Å². The maximum atomic E-state index is 12.6. The number of amides is 1. The highest BCUT2D eigenvalue weighted by molar-refractivity contribution is 7.89. The molecule has 0 heterocycles. The van der Waals surface area contributed by atoms with Gasteiger partial charge in [-0.1, -0.05) is 63.4 Å². The summed E-state index contributed by atoms with van der Waals surface area (Å²) in [5, 5.41) is 3.07. The van der Waals surface area contributed by atoms with Crippen molar-refractivity contribution in [2.45, 2.75) is 82.6 Å². The van der Waals surface area contributed by atoms with Crippen LogP contribution in [0.5, 0.6) is 0 Å². The average Bonchev–Trinajstić information content (AvgIpc) is 2.74. The fraction of sp³-hybridized carbons (Fsp3) is 0.480. The lowest BCUT2D eigenvalue weighted by atomic mass is 9.96. The molecular formula is C25H34N2O3S. The second-order valence-electron chi connectivity index (χ2n) is 8.84. The molecule has 0 saturated heterocycles.